The molecule has 1 aromatic heterocycles. The molecule has 0 spiro atoms. The highest BCUT2D eigenvalue weighted by atomic mass is 16.4. The molecule has 0 aliphatic carbocycles. The minimum Gasteiger partial charge on any atom is -0.479 e. The van der Waals surface area contributed by atoms with E-state index in [0.717, 1.165) is 0 Å². The summed E-state index contributed by atoms with van der Waals surface area (Å²) >= 11 is 0. The van der Waals surface area contributed by atoms with Crippen LogP contribution in [-0.2, 0) is 11.3 Å². The summed E-state index contributed by atoms with van der Waals surface area (Å²) in [5.41, 5.74) is 0. The van der Waals surface area contributed by atoms with E-state index >= 15 is 0 Å². The number of aliphatic hydroxyl groups excluding tert-OH is 1. The molecule has 2 N–H and O–H groups in total. The van der Waals surface area contributed by atoms with Gasteiger partial charge in [0.2, 0.25) is 0 Å². The summed E-state index contributed by atoms with van der Waals surface area (Å²) in [6.07, 6.45) is 1.82. The third kappa shape index (κ3) is 1.82. The lowest BCUT2D eigenvalue weighted by atomic mass is 10.3. The molecule has 0 aromatic carbocycles. The molecule has 0 bridgehead atoms. The van der Waals surface area contributed by atoms with Crippen molar-refractivity contribution >= 4 is 5.97 Å². The van der Waals surface area contributed by atoms with E-state index in [1.54, 1.807) is 23.9 Å². The minimum absolute atomic E-state index is 0.0428. The normalized spacial score (nSPS) is 12.8. The Labute approximate surface area is 69.3 Å². The van der Waals surface area contributed by atoms with Crippen LogP contribution in [0.15, 0.2) is 12.4 Å². The van der Waals surface area contributed by atoms with Gasteiger partial charge in [0.05, 0.1) is 6.54 Å². The molecule has 66 valence electrons. The van der Waals surface area contributed by atoms with Gasteiger partial charge < -0.3 is 14.8 Å². The number of hydrogen-bond acceptors (Lipinski definition) is 3. The van der Waals surface area contributed by atoms with Crippen LogP contribution in [0.2, 0.25) is 0 Å². The highest BCUT2D eigenvalue weighted by Crippen LogP contribution is 1.97. The molecular formula is C7H10N2O3. The Kier molecular flexibility index (Phi) is 2.44. The number of imidazole rings is 1. The zero-order valence-electron chi connectivity index (χ0n) is 6.64. The lowest BCUT2D eigenvalue weighted by Crippen LogP contribution is -2.25. The van der Waals surface area contributed by atoms with Crippen LogP contribution in [0.3, 0.4) is 0 Å². The van der Waals surface area contributed by atoms with E-state index < -0.39 is 12.1 Å². The summed E-state index contributed by atoms with van der Waals surface area (Å²) < 4.78 is 1.58. The average molecular weight is 170 g/mol. The molecular weight excluding hydrogens is 160 g/mol. The van der Waals surface area contributed by atoms with E-state index in [0.29, 0.717) is 5.82 Å². The van der Waals surface area contributed by atoms with E-state index in [1.807, 2.05) is 0 Å². The Morgan fingerprint density at radius 2 is 2.50 bits per heavy atom. The Balaban J connectivity index is 2.64. The summed E-state index contributed by atoms with van der Waals surface area (Å²) in [6, 6.07) is 0. The molecule has 1 atom stereocenters. The van der Waals surface area contributed by atoms with Crippen LogP contribution in [0.5, 0.6) is 0 Å². The van der Waals surface area contributed by atoms with Crippen LogP contribution in [0, 0.1) is 6.92 Å². The first-order valence-corrected chi connectivity index (χ1v) is 3.50. The number of nitrogens with zero attached hydrogens (tertiary/aromatic N) is 2. The molecule has 5 heteroatoms. The molecule has 0 fully saturated rings. The maximum atomic E-state index is 10.3. The first kappa shape index (κ1) is 8.73. The molecule has 0 aliphatic heterocycles. The van der Waals surface area contributed by atoms with Crippen molar-refractivity contribution in [1.29, 1.82) is 0 Å². The van der Waals surface area contributed by atoms with Gasteiger partial charge in [-0.15, -0.1) is 0 Å². The molecule has 1 unspecified atom stereocenters. The largest absolute Gasteiger partial charge is 0.479 e. The molecule has 1 heterocycles. The van der Waals surface area contributed by atoms with Crippen molar-refractivity contribution in [3.8, 4) is 0 Å². The van der Waals surface area contributed by atoms with Gasteiger partial charge in [0.1, 0.15) is 5.82 Å². The van der Waals surface area contributed by atoms with Gasteiger partial charge in [-0.2, -0.15) is 0 Å². The molecule has 0 aliphatic rings. The number of aromatic nitrogens is 2. The summed E-state index contributed by atoms with van der Waals surface area (Å²) in [5, 5.41) is 17.4. The fourth-order valence-corrected chi connectivity index (χ4v) is 0.861. The van der Waals surface area contributed by atoms with Crippen molar-refractivity contribution in [3.05, 3.63) is 18.2 Å². The SMILES string of the molecule is Cc1nccn1CC(O)C(=O)O. The second kappa shape index (κ2) is 3.36. The molecule has 1 rings (SSSR count). The second-order valence-electron chi connectivity index (χ2n) is 2.48. The van der Waals surface area contributed by atoms with Gasteiger partial charge in [-0.25, -0.2) is 9.78 Å². The lowest BCUT2D eigenvalue weighted by molar-refractivity contribution is -0.147. The first-order chi connectivity index (χ1) is 5.61. The third-order valence-corrected chi connectivity index (χ3v) is 1.58. The lowest BCUT2D eigenvalue weighted by Gasteiger charge is -2.07. The van der Waals surface area contributed by atoms with E-state index in [9.17, 15) is 4.79 Å². The molecule has 0 saturated carbocycles. The van der Waals surface area contributed by atoms with Crippen molar-refractivity contribution in [2.75, 3.05) is 0 Å². The molecule has 5 nitrogen and oxygen atoms in total. The van der Waals surface area contributed by atoms with Gasteiger partial charge in [0.15, 0.2) is 6.10 Å². The van der Waals surface area contributed by atoms with Crippen LogP contribution in [-0.4, -0.2) is 31.8 Å². The third-order valence-electron chi connectivity index (χ3n) is 1.58. The Morgan fingerprint density at radius 1 is 1.83 bits per heavy atom. The zero-order chi connectivity index (χ0) is 9.14. The van der Waals surface area contributed by atoms with Crippen molar-refractivity contribution in [3.63, 3.8) is 0 Å². The molecule has 1 aromatic rings. The van der Waals surface area contributed by atoms with Gasteiger partial charge in [0.25, 0.3) is 0 Å². The van der Waals surface area contributed by atoms with Gasteiger partial charge in [-0.3, -0.25) is 0 Å². The predicted octanol–water partition coefficient (Wildman–Crippen LogP) is -0.363. The maximum absolute atomic E-state index is 10.3. The van der Waals surface area contributed by atoms with Crippen LogP contribution >= 0.6 is 0 Å². The van der Waals surface area contributed by atoms with Gasteiger partial charge in [-0.1, -0.05) is 0 Å². The average Bonchev–Trinajstić information content (AvgIpc) is 2.36. The van der Waals surface area contributed by atoms with Gasteiger partial charge in [0, 0.05) is 12.4 Å². The van der Waals surface area contributed by atoms with Crippen LogP contribution in [0.4, 0.5) is 0 Å². The van der Waals surface area contributed by atoms with E-state index in [1.165, 1.54) is 0 Å². The number of carboxylic acid groups (broad SMARTS) is 1. The van der Waals surface area contributed by atoms with Crippen molar-refractivity contribution in [1.82, 2.24) is 9.55 Å². The van der Waals surface area contributed by atoms with Crippen molar-refractivity contribution in [2.24, 2.45) is 0 Å². The summed E-state index contributed by atoms with van der Waals surface area (Å²) in [5.74, 6) is -0.529. The number of aliphatic carboxylic acids is 1. The highest BCUT2D eigenvalue weighted by molar-refractivity contribution is 5.71. The van der Waals surface area contributed by atoms with Gasteiger partial charge in [-0.05, 0) is 6.92 Å². The van der Waals surface area contributed by atoms with E-state index in [4.69, 9.17) is 10.2 Å². The fraction of sp³-hybridized carbons (Fsp3) is 0.429. The predicted molar refractivity (Wildman–Crippen MR) is 40.6 cm³/mol. The Bertz CT molecular complexity index is 282. The number of aryl methyl sites for hydroxylation is 1. The fourth-order valence-electron chi connectivity index (χ4n) is 0.861. The molecule has 0 saturated heterocycles. The van der Waals surface area contributed by atoms with Crippen LogP contribution in [0.1, 0.15) is 5.82 Å². The van der Waals surface area contributed by atoms with Crippen molar-refractivity contribution < 1.29 is 15.0 Å². The molecule has 12 heavy (non-hydrogen) atoms. The number of carboxylic acids is 1. The van der Waals surface area contributed by atoms with E-state index in [-0.39, 0.29) is 6.54 Å². The smallest absolute Gasteiger partial charge is 0.334 e. The van der Waals surface area contributed by atoms with Gasteiger partial charge >= 0.3 is 5.97 Å². The Morgan fingerprint density at radius 3 is 2.92 bits per heavy atom. The molecule has 0 amide bonds. The summed E-state index contributed by atoms with van der Waals surface area (Å²) in [6.45, 7) is 1.79. The number of rotatable bonds is 3. The zero-order valence-corrected chi connectivity index (χ0v) is 6.64. The molecule has 0 radical (unpaired) electrons. The standard InChI is InChI=1S/C7H10N2O3/c1-5-8-2-3-9(5)4-6(10)7(11)12/h2-3,6,10H,4H2,1H3,(H,11,12). The van der Waals surface area contributed by atoms with E-state index in [2.05, 4.69) is 4.98 Å². The second-order valence-corrected chi connectivity index (χ2v) is 2.48. The number of hydrogen-bond donors (Lipinski definition) is 2. The topological polar surface area (TPSA) is 75.3 Å². The summed E-state index contributed by atoms with van der Waals surface area (Å²) in [7, 11) is 0. The summed E-state index contributed by atoms with van der Waals surface area (Å²) in [4.78, 5) is 14.1. The maximum Gasteiger partial charge on any atom is 0.334 e. The first-order valence-electron chi connectivity index (χ1n) is 3.50. The van der Waals surface area contributed by atoms with Crippen LogP contribution in [0.25, 0.3) is 0 Å². The quantitative estimate of drug-likeness (QED) is 0.649. The highest BCUT2D eigenvalue weighted by Gasteiger charge is 2.13. The number of aliphatic hydroxyl groups is 1. The van der Waals surface area contributed by atoms with Crippen LogP contribution < -0.4 is 0 Å². The van der Waals surface area contributed by atoms with Crippen molar-refractivity contribution in [2.45, 2.75) is 19.6 Å². The number of carbonyl (C=O) groups is 1. The minimum atomic E-state index is -1.36. The monoisotopic (exact) mass is 170 g/mol. The Hall–Kier alpha value is -1.36.